The van der Waals surface area contributed by atoms with Gasteiger partial charge in [-0.25, -0.2) is 4.39 Å². The van der Waals surface area contributed by atoms with Gasteiger partial charge in [0.15, 0.2) is 0 Å². The molecule has 0 spiro atoms. The molecule has 0 bridgehead atoms. The zero-order chi connectivity index (χ0) is 13.1. The van der Waals surface area contributed by atoms with Crippen molar-refractivity contribution in [3.8, 4) is 5.75 Å². The Labute approximate surface area is 101 Å². The molecule has 1 aromatic rings. The summed E-state index contributed by atoms with van der Waals surface area (Å²) in [5, 5.41) is 9.82. The highest BCUT2D eigenvalue weighted by Crippen LogP contribution is 2.22. The lowest BCUT2D eigenvalue weighted by atomic mass is 9.99. The lowest BCUT2D eigenvalue weighted by Crippen LogP contribution is -2.38. The first-order chi connectivity index (χ1) is 7.84. The first-order valence-electron chi connectivity index (χ1n) is 5.69. The highest BCUT2D eigenvalue weighted by molar-refractivity contribution is 5.32. The van der Waals surface area contributed by atoms with E-state index in [1.54, 1.807) is 19.9 Å². The summed E-state index contributed by atoms with van der Waals surface area (Å²) < 4.78 is 18.6. The summed E-state index contributed by atoms with van der Waals surface area (Å²) in [7, 11) is 0. The summed E-state index contributed by atoms with van der Waals surface area (Å²) in [6, 6.07) is 4.37. The van der Waals surface area contributed by atoms with Crippen LogP contribution in [0, 0.1) is 12.7 Å². The van der Waals surface area contributed by atoms with E-state index in [0.29, 0.717) is 12.2 Å². The van der Waals surface area contributed by atoms with Crippen molar-refractivity contribution in [2.45, 2.75) is 38.9 Å². The molecular weight excluding hydrogens is 221 g/mol. The number of aliphatic hydroxyl groups is 1. The summed E-state index contributed by atoms with van der Waals surface area (Å²) in [6.07, 6.45) is 0.248. The molecule has 2 atom stereocenters. The van der Waals surface area contributed by atoms with Gasteiger partial charge in [-0.1, -0.05) is 0 Å². The molecule has 0 fully saturated rings. The monoisotopic (exact) mass is 241 g/mol. The van der Waals surface area contributed by atoms with E-state index < -0.39 is 5.60 Å². The van der Waals surface area contributed by atoms with Gasteiger partial charge in [0.05, 0.1) is 11.7 Å². The van der Waals surface area contributed by atoms with E-state index in [1.807, 2.05) is 6.92 Å². The molecule has 0 saturated heterocycles. The van der Waals surface area contributed by atoms with E-state index in [2.05, 4.69) is 0 Å². The fraction of sp³-hybridized carbons (Fsp3) is 0.538. The normalized spacial score (nSPS) is 16.4. The van der Waals surface area contributed by atoms with Crippen LogP contribution in [0.15, 0.2) is 18.2 Å². The molecule has 2 unspecified atom stereocenters. The van der Waals surface area contributed by atoms with Crippen LogP contribution >= 0.6 is 0 Å². The van der Waals surface area contributed by atoms with Crippen LogP contribution < -0.4 is 10.5 Å². The van der Waals surface area contributed by atoms with Gasteiger partial charge in [0.2, 0.25) is 0 Å². The van der Waals surface area contributed by atoms with Crippen molar-refractivity contribution in [2.24, 2.45) is 5.73 Å². The van der Waals surface area contributed by atoms with Gasteiger partial charge in [0.25, 0.3) is 0 Å². The Morgan fingerprint density at radius 1 is 1.53 bits per heavy atom. The fourth-order valence-electron chi connectivity index (χ4n) is 1.71. The summed E-state index contributed by atoms with van der Waals surface area (Å²) >= 11 is 0. The number of halogens is 1. The number of hydrogen-bond donors (Lipinski definition) is 2. The topological polar surface area (TPSA) is 55.5 Å². The minimum Gasteiger partial charge on any atom is -0.490 e. The third-order valence-electron chi connectivity index (χ3n) is 2.63. The summed E-state index contributed by atoms with van der Waals surface area (Å²) in [5.41, 5.74) is 5.25. The van der Waals surface area contributed by atoms with Crippen molar-refractivity contribution in [3.63, 3.8) is 0 Å². The maximum absolute atomic E-state index is 12.9. The first kappa shape index (κ1) is 13.9. The quantitative estimate of drug-likeness (QED) is 0.829. The number of aryl methyl sites for hydroxylation is 1. The van der Waals surface area contributed by atoms with Gasteiger partial charge in [0.1, 0.15) is 11.6 Å². The zero-order valence-corrected chi connectivity index (χ0v) is 10.5. The lowest BCUT2D eigenvalue weighted by Gasteiger charge is -2.26. The van der Waals surface area contributed by atoms with Gasteiger partial charge in [0, 0.05) is 13.0 Å². The Morgan fingerprint density at radius 2 is 2.18 bits per heavy atom. The number of benzene rings is 1. The molecule has 0 aliphatic carbocycles. The molecule has 1 aromatic carbocycles. The number of hydrogen-bond acceptors (Lipinski definition) is 3. The fourth-order valence-corrected chi connectivity index (χ4v) is 1.71. The van der Waals surface area contributed by atoms with Crippen LogP contribution in [0.2, 0.25) is 0 Å². The van der Waals surface area contributed by atoms with E-state index in [0.717, 1.165) is 5.56 Å². The molecule has 96 valence electrons. The van der Waals surface area contributed by atoms with Gasteiger partial charge >= 0.3 is 0 Å². The van der Waals surface area contributed by atoms with Crippen LogP contribution in [-0.4, -0.2) is 23.4 Å². The Balaban J connectivity index is 2.65. The highest BCUT2D eigenvalue weighted by Gasteiger charge is 2.22. The van der Waals surface area contributed by atoms with E-state index >= 15 is 0 Å². The molecule has 0 saturated carbocycles. The second kappa shape index (κ2) is 5.47. The van der Waals surface area contributed by atoms with E-state index in [-0.39, 0.29) is 18.5 Å². The Bertz CT molecular complexity index is 380. The Kier molecular flexibility index (Phi) is 4.48. The zero-order valence-electron chi connectivity index (χ0n) is 10.5. The molecule has 0 amide bonds. The molecular formula is C13H20FNO2. The predicted molar refractivity (Wildman–Crippen MR) is 65.5 cm³/mol. The van der Waals surface area contributed by atoms with Crippen molar-refractivity contribution < 1.29 is 14.2 Å². The van der Waals surface area contributed by atoms with Gasteiger partial charge in [-0.15, -0.1) is 0 Å². The van der Waals surface area contributed by atoms with Gasteiger partial charge < -0.3 is 15.6 Å². The minimum absolute atomic E-state index is 0.183. The summed E-state index contributed by atoms with van der Waals surface area (Å²) in [4.78, 5) is 0. The second-order valence-corrected chi connectivity index (χ2v) is 4.74. The number of rotatable bonds is 5. The molecule has 0 heterocycles. The number of ether oxygens (including phenoxy) is 1. The van der Waals surface area contributed by atoms with E-state index in [4.69, 9.17) is 10.5 Å². The molecule has 0 aliphatic rings. The maximum atomic E-state index is 12.9. The van der Waals surface area contributed by atoms with E-state index in [9.17, 15) is 9.50 Å². The van der Waals surface area contributed by atoms with Crippen molar-refractivity contribution in [1.29, 1.82) is 0 Å². The van der Waals surface area contributed by atoms with Gasteiger partial charge in [-0.2, -0.15) is 0 Å². The average Bonchev–Trinajstić information content (AvgIpc) is 2.21. The molecule has 3 N–H and O–H groups in total. The van der Waals surface area contributed by atoms with E-state index in [1.165, 1.54) is 12.1 Å². The van der Waals surface area contributed by atoms with Gasteiger partial charge in [-0.3, -0.25) is 0 Å². The van der Waals surface area contributed by atoms with Crippen LogP contribution in [0.1, 0.15) is 25.8 Å². The maximum Gasteiger partial charge on any atom is 0.123 e. The van der Waals surface area contributed by atoms with Gasteiger partial charge in [-0.05, 0) is 44.5 Å². The smallest absolute Gasteiger partial charge is 0.123 e. The van der Waals surface area contributed by atoms with Crippen molar-refractivity contribution in [3.05, 3.63) is 29.6 Å². The van der Waals surface area contributed by atoms with Crippen LogP contribution in [0.25, 0.3) is 0 Å². The number of nitrogens with two attached hydrogens (primary N) is 1. The minimum atomic E-state index is -0.937. The molecule has 0 radical (unpaired) electrons. The molecule has 1 rings (SSSR count). The van der Waals surface area contributed by atoms with Crippen LogP contribution in [0.5, 0.6) is 5.75 Å². The predicted octanol–water partition coefficient (Wildman–Crippen LogP) is 2.00. The molecule has 3 nitrogen and oxygen atoms in total. The third kappa shape index (κ3) is 4.32. The first-order valence-corrected chi connectivity index (χ1v) is 5.69. The molecule has 0 aliphatic heterocycles. The summed E-state index contributed by atoms with van der Waals surface area (Å²) in [6.45, 7) is 5.49. The van der Waals surface area contributed by atoms with Crippen LogP contribution in [0.3, 0.4) is 0 Å². The van der Waals surface area contributed by atoms with Crippen molar-refractivity contribution in [2.75, 3.05) is 6.54 Å². The summed E-state index contributed by atoms with van der Waals surface area (Å²) in [5.74, 6) is 0.350. The Morgan fingerprint density at radius 3 is 2.71 bits per heavy atom. The molecule has 4 heteroatoms. The molecule has 0 aromatic heterocycles. The largest absolute Gasteiger partial charge is 0.490 e. The SMILES string of the molecule is Cc1cc(F)ccc1OC(C)CC(C)(O)CN. The van der Waals surface area contributed by atoms with Crippen molar-refractivity contribution in [1.82, 2.24) is 0 Å². The standard InChI is InChI=1S/C13H20FNO2/c1-9-6-11(14)4-5-12(9)17-10(2)7-13(3,16)8-15/h4-6,10,16H,7-8,15H2,1-3H3. The second-order valence-electron chi connectivity index (χ2n) is 4.74. The lowest BCUT2D eigenvalue weighted by molar-refractivity contribution is 0.0235. The van der Waals surface area contributed by atoms with Crippen molar-refractivity contribution >= 4 is 0 Å². The molecule has 17 heavy (non-hydrogen) atoms. The highest BCUT2D eigenvalue weighted by atomic mass is 19.1. The Hall–Kier alpha value is -1.13. The third-order valence-corrected chi connectivity index (χ3v) is 2.63. The average molecular weight is 241 g/mol. The van der Waals surface area contributed by atoms with Crippen LogP contribution in [-0.2, 0) is 0 Å². The van der Waals surface area contributed by atoms with Crippen LogP contribution in [0.4, 0.5) is 4.39 Å².